The van der Waals surface area contributed by atoms with Crippen molar-refractivity contribution in [1.82, 2.24) is 25.1 Å². The highest BCUT2D eigenvalue weighted by Crippen LogP contribution is 2.28. The summed E-state index contributed by atoms with van der Waals surface area (Å²) in [4.78, 5) is 24.4. The molecule has 1 fully saturated rings. The van der Waals surface area contributed by atoms with E-state index >= 15 is 0 Å². The van der Waals surface area contributed by atoms with Crippen LogP contribution in [0.2, 0.25) is 0 Å². The van der Waals surface area contributed by atoms with Crippen LogP contribution in [0.1, 0.15) is 40.7 Å². The first kappa shape index (κ1) is 20.7. The van der Waals surface area contributed by atoms with Crippen molar-refractivity contribution in [2.75, 3.05) is 30.8 Å². The number of fused-ring (bicyclic) bond motifs is 1. The highest BCUT2D eigenvalue weighted by molar-refractivity contribution is 7.98. The van der Waals surface area contributed by atoms with Gasteiger partial charge in [0.15, 0.2) is 10.8 Å². The number of aromatic nitrogens is 4. The lowest BCUT2D eigenvalue weighted by Gasteiger charge is -2.28. The molecule has 1 aliphatic rings. The van der Waals surface area contributed by atoms with E-state index in [0.717, 1.165) is 46.2 Å². The van der Waals surface area contributed by atoms with Gasteiger partial charge in [0, 0.05) is 25.2 Å². The Balaban J connectivity index is 1.51. The normalized spacial score (nSPS) is 14.3. The third kappa shape index (κ3) is 4.43. The summed E-state index contributed by atoms with van der Waals surface area (Å²) in [5, 5.41) is 9.29. The molecule has 0 spiro atoms. The molecule has 30 heavy (non-hydrogen) atoms. The molecule has 1 saturated heterocycles. The Labute approximate surface area is 181 Å². The third-order valence-electron chi connectivity index (χ3n) is 5.39. The van der Waals surface area contributed by atoms with E-state index < -0.39 is 0 Å². The average Bonchev–Trinajstić information content (AvgIpc) is 3.15. The van der Waals surface area contributed by atoms with Crippen LogP contribution in [0.5, 0.6) is 0 Å². The molecule has 1 aliphatic heterocycles. The number of nitrogens with zero attached hydrogens (tertiary/aromatic N) is 5. The van der Waals surface area contributed by atoms with Crippen LogP contribution in [0.4, 0.5) is 5.82 Å². The number of benzene rings is 1. The fourth-order valence-electron chi connectivity index (χ4n) is 4.01. The maximum atomic E-state index is 12.5. The van der Waals surface area contributed by atoms with Gasteiger partial charge < -0.3 is 10.2 Å². The van der Waals surface area contributed by atoms with Crippen LogP contribution < -0.4 is 10.2 Å². The molecule has 0 unspecified atom stereocenters. The summed E-state index contributed by atoms with van der Waals surface area (Å²) in [6.07, 6.45) is 7.51. The van der Waals surface area contributed by atoms with Crippen LogP contribution in [0.25, 0.3) is 11.0 Å². The van der Waals surface area contributed by atoms with Gasteiger partial charge in [-0.3, -0.25) is 4.79 Å². The van der Waals surface area contributed by atoms with Crippen molar-refractivity contribution in [2.45, 2.75) is 44.8 Å². The highest BCUT2D eigenvalue weighted by atomic mass is 32.2. The fraction of sp³-hybridized carbons (Fsp3) is 0.455. The summed E-state index contributed by atoms with van der Waals surface area (Å²) < 4.78 is 1.87. The SMILES string of the molecule is CSc1nc(N2CCCCC2)c2cnn(CCNC(=O)c3cc(C)cc(C)c3)c2n1. The minimum atomic E-state index is -0.0632. The Hall–Kier alpha value is -2.61. The summed E-state index contributed by atoms with van der Waals surface area (Å²) >= 11 is 1.54. The van der Waals surface area contributed by atoms with E-state index in [9.17, 15) is 4.79 Å². The van der Waals surface area contributed by atoms with Crippen LogP contribution in [0.3, 0.4) is 0 Å². The topological polar surface area (TPSA) is 75.9 Å². The molecule has 0 bridgehead atoms. The smallest absolute Gasteiger partial charge is 0.251 e. The van der Waals surface area contributed by atoms with Crippen LogP contribution in [0, 0.1) is 13.8 Å². The predicted molar refractivity (Wildman–Crippen MR) is 121 cm³/mol. The van der Waals surface area contributed by atoms with Crippen molar-refractivity contribution in [3.8, 4) is 0 Å². The second-order valence-corrected chi connectivity index (χ2v) is 8.59. The van der Waals surface area contributed by atoms with Crippen molar-refractivity contribution in [3.63, 3.8) is 0 Å². The number of nitrogens with one attached hydrogen (secondary N) is 1. The molecule has 2 aromatic heterocycles. The minimum Gasteiger partial charge on any atom is -0.356 e. The lowest BCUT2D eigenvalue weighted by atomic mass is 10.1. The number of aryl methyl sites for hydroxylation is 2. The number of amides is 1. The van der Waals surface area contributed by atoms with E-state index in [0.29, 0.717) is 18.7 Å². The summed E-state index contributed by atoms with van der Waals surface area (Å²) in [6.45, 7) is 7.10. The number of hydrogen-bond acceptors (Lipinski definition) is 6. The number of carbonyl (C=O) groups excluding carboxylic acids is 1. The first-order valence-electron chi connectivity index (χ1n) is 10.4. The first-order valence-corrected chi connectivity index (χ1v) is 11.7. The van der Waals surface area contributed by atoms with Gasteiger partial charge in [0.2, 0.25) is 0 Å². The number of rotatable bonds is 6. The van der Waals surface area contributed by atoms with Gasteiger partial charge in [-0.25, -0.2) is 14.6 Å². The van der Waals surface area contributed by atoms with Crippen molar-refractivity contribution in [2.24, 2.45) is 0 Å². The van der Waals surface area contributed by atoms with Crippen LogP contribution >= 0.6 is 11.8 Å². The predicted octanol–water partition coefficient (Wildman–Crippen LogP) is 3.59. The number of carbonyl (C=O) groups is 1. The van der Waals surface area contributed by atoms with Gasteiger partial charge >= 0.3 is 0 Å². The van der Waals surface area contributed by atoms with Gasteiger partial charge in [0.25, 0.3) is 5.91 Å². The maximum absolute atomic E-state index is 12.5. The van der Waals surface area contributed by atoms with Crippen molar-refractivity contribution in [1.29, 1.82) is 0 Å². The van der Waals surface area contributed by atoms with Crippen LogP contribution in [-0.2, 0) is 6.54 Å². The van der Waals surface area contributed by atoms with Gasteiger partial charge in [0.05, 0.1) is 18.1 Å². The third-order valence-corrected chi connectivity index (χ3v) is 5.93. The highest BCUT2D eigenvalue weighted by Gasteiger charge is 2.19. The van der Waals surface area contributed by atoms with E-state index in [2.05, 4.69) is 21.4 Å². The molecular weight excluding hydrogens is 396 g/mol. The van der Waals surface area contributed by atoms with Crippen LogP contribution in [-0.4, -0.2) is 51.5 Å². The zero-order valence-electron chi connectivity index (χ0n) is 17.8. The maximum Gasteiger partial charge on any atom is 0.251 e. The van der Waals surface area contributed by atoms with E-state index in [1.165, 1.54) is 19.3 Å². The summed E-state index contributed by atoms with van der Waals surface area (Å²) in [5.74, 6) is 0.918. The standard InChI is InChI=1S/C22H28N6OS/c1-15-11-16(2)13-17(12-15)21(29)23-7-10-28-20-18(14-24-28)19(25-22(26-20)30-3)27-8-5-4-6-9-27/h11-14H,4-10H2,1-3H3,(H,23,29). The lowest BCUT2D eigenvalue weighted by molar-refractivity contribution is 0.0952. The molecule has 1 aromatic carbocycles. The monoisotopic (exact) mass is 424 g/mol. The Morgan fingerprint density at radius 3 is 2.53 bits per heavy atom. The second-order valence-electron chi connectivity index (χ2n) is 7.82. The van der Waals surface area contributed by atoms with Crippen LogP contribution in [0.15, 0.2) is 29.6 Å². The van der Waals surface area contributed by atoms with Gasteiger partial charge in [-0.2, -0.15) is 5.10 Å². The zero-order chi connectivity index (χ0) is 21.1. The number of hydrogen-bond donors (Lipinski definition) is 1. The van der Waals surface area contributed by atoms with E-state index in [-0.39, 0.29) is 5.91 Å². The number of anilines is 1. The molecule has 4 rings (SSSR count). The first-order chi connectivity index (χ1) is 14.5. The fourth-order valence-corrected chi connectivity index (χ4v) is 4.36. The molecule has 158 valence electrons. The molecule has 0 saturated carbocycles. The van der Waals surface area contributed by atoms with Crippen molar-refractivity contribution < 1.29 is 4.79 Å². The molecule has 3 heterocycles. The largest absolute Gasteiger partial charge is 0.356 e. The minimum absolute atomic E-state index is 0.0632. The van der Waals surface area contributed by atoms with E-state index in [1.54, 1.807) is 11.8 Å². The average molecular weight is 425 g/mol. The lowest BCUT2D eigenvalue weighted by Crippen LogP contribution is -2.30. The quantitative estimate of drug-likeness (QED) is 0.481. The summed E-state index contributed by atoms with van der Waals surface area (Å²) in [7, 11) is 0. The van der Waals surface area contributed by atoms with Gasteiger partial charge in [-0.05, 0) is 51.5 Å². The Bertz CT molecular complexity index is 1040. The zero-order valence-corrected chi connectivity index (χ0v) is 18.6. The molecule has 1 N–H and O–H groups in total. The molecule has 0 aliphatic carbocycles. The van der Waals surface area contributed by atoms with Gasteiger partial charge in [-0.15, -0.1) is 0 Å². The van der Waals surface area contributed by atoms with E-state index in [4.69, 9.17) is 9.97 Å². The van der Waals surface area contributed by atoms with Crippen molar-refractivity contribution >= 4 is 34.5 Å². The van der Waals surface area contributed by atoms with Crippen molar-refractivity contribution in [3.05, 3.63) is 41.1 Å². The Morgan fingerprint density at radius 2 is 1.83 bits per heavy atom. The molecule has 0 radical (unpaired) electrons. The molecular formula is C22H28N6OS. The Morgan fingerprint density at radius 1 is 1.10 bits per heavy atom. The number of thioether (sulfide) groups is 1. The van der Waals surface area contributed by atoms with E-state index in [1.807, 2.05) is 43.1 Å². The summed E-state index contributed by atoms with van der Waals surface area (Å²) in [5.41, 5.74) is 3.70. The number of piperidine rings is 1. The van der Waals surface area contributed by atoms with Gasteiger partial charge in [-0.1, -0.05) is 29.0 Å². The molecule has 8 heteroatoms. The molecule has 0 atom stereocenters. The molecule has 1 amide bonds. The Kier molecular flexibility index (Phi) is 6.22. The molecule has 3 aromatic rings. The second kappa shape index (κ2) is 9.04. The summed E-state index contributed by atoms with van der Waals surface area (Å²) in [6, 6.07) is 5.89. The molecule has 7 nitrogen and oxygen atoms in total. The van der Waals surface area contributed by atoms with Gasteiger partial charge in [0.1, 0.15) is 5.82 Å².